The van der Waals surface area contributed by atoms with Crippen LogP contribution in [0.15, 0.2) is 18.9 Å². The first-order valence-corrected chi connectivity index (χ1v) is 6.14. The lowest BCUT2D eigenvalue weighted by Crippen LogP contribution is -2.40. The summed E-state index contributed by atoms with van der Waals surface area (Å²) in [4.78, 5) is 24.4. The molecule has 1 amide bonds. The van der Waals surface area contributed by atoms with Gasteiger partial charge in [0.05, 0.1) is 6.20 Å². The molecule has 7 heteroatoms. The van der Waals surface area contributed by atoms with E-state index in [4.69, 9.17) is 5.11 Å². The van der Waals surface area contributed by atoms with E-state index in [1.54, 1.807) is 4.90 Å². The van der Waals surface area contributed by atoms with E-state index in [-0.39, 0.29) is 18.1 Å². The van der Waals surface area contributed by atoms with Crippen LogP contribution < -0.4 is 0 Å². The number of carbonyl (C=O) groups excluding carboxylic acids is 1. The number of allylic oxidation sites excluding steroid dienone is 1. The molecule has 0 spiro atoms. The lowest BCUT2D eigenvalue weighted by Gasteiger charge is -2.30. The number of carbonyl (C=O) groups is 2. The van der Waals surface area contributed by atoms with Crippen LogP contribution in [-0.2, 0) is 11.3 Å². The van der Waals surface area contributed by atoms with E-state index in [0.29, 0.717) is 19.0 Å². The number of aromatic carboxylic acids is 1. The van der Waals surface area contributed by atoms with Crippen LogP contribution in [-0.4, -0.2) is 50.0 Å². The molecule has 1 saturated heterocycles. The van der Waals surface area contributed by atoms with Crippen LogP contribution in [0.25, 0.3) is 0 Å². The van der Waals surface area contributed by atoms with Gasteiger partial charge in [0.25, 0.3) is 0 Å². The van der Waals surface area contributed by atoms with Crippen LogP contribution in [0.2, 0.25) is 0 Å². The Morgan fingerprint density at radius 1 is 1.47 bits per heavy atom. The number of piperidine rings is 1. The van der Waals surface area contributed by atoms with Gasteiger partial charge in [0.2, 0.25) is 5.91 Å². The molecule has 0 bridgehead atoms. The minimum absolute atomic E-state index is 0.0268. The first kappa shape index (κ1) is 13.3. The Morgan fingerprint density at radius 3 is 2.68 bits per heavy atom. The molecule has 1 fully saturated rings. The number of rotatable bonds is 4. The topological polar surface area (TPSA) is 88.3 Å². The van der Waals surface area contributed by atoms with Crippen molar-refractivity contribution in [3.8, 4) is 0 Å². The second kappa shape index (κ2) is 5.64. The van der Waals surface area contributed by atoms with Crippen molar-refractivity contribution in [2.45, 2.75) is 19.4 Å². The van der Waals surface area contributed by atoms with Crippen molar-refractivity contribution in [3.05, 3.63) is 24.5 Å². The number of carboxylic acid groups (broad SMARTS) is 1. The first-order chi connectivity index (χ1) is 9.10. The molecular formula is C12H16N4O3. The molecule has 0 aromatic carbocycles. The van der Waals surface area contributed by atoms with Crippen molar-refractivity contribution in [1.29, 1.82) is 0 Å². The summed E-state index contributed by atoms with van der Waals surface area (Å²) in [6.07, 6.45) is 5.04. The number of hydrogen-bond donors (Lipinski definition) is 1. The zero-order chi connectivity index (χ0) is 13.8. The third-order valence-electron chi connectivity index (χ3n) is 3.28. The summed E-state index contributed by atoms with van der Waals surface area (Å²) >= 11 is 0. The monoisotopic (exact) mass is 264 g/mol. The molecule has 0 saturated carbocycles. The third-order valence-corrected chi connectivity index (χ3v) is 3.28. The highest BCUT2D eigenvalue weighted by Gasteiger charge is 2.21. The van der Waals surface area contributed by atoms with E-state index in [1.807, 2.05) is 6.08 Å². The van der Waals surface area contributed by atoms with Crippen LogP contribution in [0.1, 0.15) is 23.3 Å². The second-order valence-corrected chi connectivity index (χ2v) is 4.56. The summed E-state index contributed by atoms with van der Waals surface area (Å²) in [6, 6.07) is 0. The zero-order valence-corrected chi connectivity index (χ0v) is 10.5. The standard InChI is InChI=1S/C12H16N4O3/c1-2-9-3-5-15(6-4-9)11(17)8-16-7-10(12(18)19)13-14-16/h2,7,9H,1,3-6,8H2,(H,18,19). The fraction of sp³-hybridized carbons (Fsp3) is 0.500. The summed E-state index contributed by atoms with van der Waals surface area (Å²) in [5, 5.41) is 15.8. The van der Waals surface area contributed by atoms with Gasteiger partial charge in [-0.25, -0.2) is 9.48 Å². The lowest BCUT2D eigenvalue weighted by molar-refractivity contribution is -0.133. The van der Waals surface area contributed by atoms with Crippen molar-refractivity contribution < 1.29 is 14.7 Å². The maximum absolute atomic E-state index is 12.0. The van der Waals surface area contributed by atoms with E-state index in [9.17, 15) is 9.59 Å². The predicted octanol–water partition coefficient (Wildman–Crippen LogP) is 0.401. The second-order valence-electron chi connectivity index (χ2n) is 4.56. The van der Waals surface area contributed by atoms with Crippen LogP contribution in [0.3, 0.4) is 0 Å². The highest BCUT2D eigenvalue weighted by atomic mass is 16.4. The maximum Gasteiger partial charge on any atom is 0.358 e. The Labute approximate surface area is 110 Å². The molecule has 1 aromatic heterocycles. The SMILES string of the molecule is C=CC1CCN(C(=O)Cn2cc(C(=O)O)nn2)CC1. The number of nitrogens with zero attached hydrogens (tertiary/aromatic N) is 4. The maximum atomic E-state index is 12.0. The Balaban J connectivity index is 1.90. The zero-order valence-electron chi connectivity index (χ0n) is 10.5. The van der Waals surface area contributed by atoms with Crippen molar-refractivity contribution >= 4 is 11.9 Å². The van der Waals surface area contributed by atoms with Crippen LogP contribution in [0, 0.1) is 5.92 Å². The molecule has 2 rings (SSSR count). The molecule has 2 heterocycles. The summed E-state index contributed by atoms with van der Waals surface area (Å²) < 4.78 is 1.26. The van der Waals surface area contributed by atoms with Gasteiger partial charge in [-0.15, -0.1) is 11.7 Å². The highest BCUT2D eigenvalue weighted by Crippen LogP contribution is 2.17. The molecule has 1 aromatic rings. The van der Waals surface area contributed by atoms with Gasteiger partial charge in [0.1, 0.15) is 6.54 Å². The van der Waals surface area contributed by atoms with Gasteiger partial charge < -0.3 is 10.0 Å². The molecule has 0 aliphatic carbocycles. The average molecular weight is 264 g/mol. The van der Waals surface area contributed by atoms with Crippen molar-refractivity contribution in [2.75, 3.05) is 13.1 Å². The fourth-order valence-corrected chi connectivity index (χ4v) is 2.10. The molecule has 1 aliphatic rings. The van der Waals surface area contributed by atoms with Gasteiger partial charge in [-0.1, -0.05) is 11.3 Å². The van der Waals surface area contributed by atoms with Crippen LogP contribution in [0.5, 0.6) is 0 Å². The van der Waals surface area contributed by atoms with Gasteiger partial charge in [-0.2, -0.15) is 0 Å². The largest absolute Gasteiger partial charge is 0.476 e. The fourth-order valence-electron chi connectivity index (χ4n) is 2.10. The van der Waals surface area contributed by atoms with Crippen LogP contribution >= 0.6 is 0 Å². The molecule has 0 radical (unpaired) electrons. The summed E-state index contributed by atoms with van der Waals surface area (Å²) in [6.45, 7) is 5.20. The molecule has 0 atom stereocenters. The minimum atomic E-state index is -1.15. The Hall–Kier alpha value is -2.18. The quantitative estimate of drug-likeness (QED) is 0.795. The van der Waals surface area contributed by atoms with E-state index in [0.717, 1.165) is 12.8 Å². The Kier molecular flexibility index (Phi) is 3.94. The number of carboxylic acids is 1. The molecule has 19 heavy (non-hydrogen) atoms. The van der Waals surface area contributed by atoms with Crippen molar-refractivity contribution in [1.82, 2.24) is 19.9 Å². The number of aromatic nitrogens is 3. The number of amides is 1. The molecule has 1 aliphatic heterocycles. The van der Waals surface area contributed by atoms with Gasteiger partial charge in [0, 0.05) is 13.1 Å². The number of hydrogen-bond acceptors (Lipinski definition) is 4. The summed E-state index contributed by atoms with van der Waals surface area (Å²) in [5.74, 6) is -0.733. The minimum Gasteiger partial charge on any atom is -0.476 e. The molecule has 7 nitrogen and oxygen atoms in total. The average Bonchev–Trinajstić information content (AvgIpc) is 2.87. The van der Waals surface area contributed by atoms with Crippen molar-refractivity contribution in [2.24, 2.45) is 5.92 Å². The normalized spacial score (nSPS) is 16.3. The third kappa shape index (κ3) is 3.18. The van der Waals surface area contributed by atoms with E-state index in [2.05, 4.69) is 16.9 Å². The molecular weight excluding hydrogens is 248 g/mol. The Morgan fingerprint density at radius 2 is 2.16 bits per heavy atom. The smallest absolute Gasteiger partial charge is 0.358 e. The van der Waals surface area contributed by atoms with Gasteiger partial charge in [-0.3, -0.25) is 4.79 Å². The molecule has 0 unspecified atom stereocenters. The van der Waals surface area contributed by atoms with Crippen LogP contribution in [0.4, 0.5) is 0 Å². The number of likely N-dealkylation sites (tertiary alicyclic amines) is 1. The van der Waals surface area contributed by atoms with E-state index >= 15 is 0 Å². The molecule has 1 N–H and O–H groups in total. The molecule has 102 valence electrons. The lowest BCUT2D eigenvalue weighted by atomic mass is 9.97. The van der Waals surface area contributed by atoms with Gasteiger partial charge >= 0.3 is 5.97 Å². The first-order valence-electron chi connectivity index (χ1n) is 6.14. The van der Waals surface area contributed by atoms with E-state index < -0.39 is 5.97 Å². The van der Waals surface area contributed by atoms with Gasteiger partial charge in [0.15, 0.2) is 5.69 Å². The Bertz CT molecular complexity index is 489. The summed E-state index contributed by atoms with van der Waals surface area (Å²) in [5.41, 5.74) is -0.154. The van der Waals surface area contributed by atoms with Gasteiger partial charge in [-0.05, 0) is 18.8 Å². The summed E-state index contributed by atoms with van der Waals surface area (Å²) in [7, 11) is 0. The van der Waals surface area contributed by atoms with E-state index in [1.165, 1.54) is 10.9 Å². The van der Waals surface area contributed by atoms with Crippen molar-refractivity contribution in [3.63, 3.8) is 0 Å². The predicted molar refractivity (Wildman–Crippen MR) is 66.5 cm³/mol. The highest BCUT2D eigenvalue weighted by molar-refractivity contribution is 5.84.